The summed E-state index contributed by atoms with van der Waals surface area (Å²) in [5, 5.41) is 22.9. The summed E-state index contributed by atoms with van der Waals surface area (Å²) in [5.41, 5.74) is 4.94. The molecule has 2 aliphatic heterocycles. The topological polar surface area (TPSA) is 148 Å². The van der Waals surface area contributed by atoms with Crippen LogP contribution in [0, 0.1) is 42.3 Å². The number of rotatable bonds is 6. The molecule has 6 rings (SSSR count). The van der Waals surface area contributed by atoms with Gasteiger partial charge in [-0.05, 0) is 23.3 Å². The molecular weight excluding hydrogens is 822 g/mol. The lowest BCUT2D eigenvalue weighted by molar-refractivity contribution is -0.149. The number of alkyl halides is 6. The third-order valence-corrected chi connectivity index (χ3v) is 8.18. The number of nitrogens with zero attached hydrogens (tertiary/aromatic N) is 8. The Morgan fingerprint density at radius 2 is 0.983 bits per heavy atom. The largest absolute Gasteiger partial charge is 0.512 e. The minimum atomic E-state index is -4.68. The molecule has 0 saturated carbocycles. The molecule has 4 aromatic rings. The molecule has 2 amide bonds. The third-order valence-electron chi connectivity index (χ3n) is 8.18. The number of aliphatic hydroxyl groups excluding tert-OH is 1. The Morgan fingerprint density at radius 1 is 0.610 bits per heavy atom. The zero-order chi connectivity index (χ0) is 41.3. The van der Waals surface area contributed by atoms with Crippen LogP contribution < -0.4 is 5.73 Å². The molecule has 24 heteroatoms. The molecule has 0 atom stereocenters. The van der Waals surface area contributed by atoms with Crippen molar-refractivity contribution < 1.29 is 67.4 Å². The van der Waals surface area contributed by atoms with Gasteiger partial charge in [0, 0.05) is 76.4 Å². The summed E-state index contributed by atoms with van der Waals surface area (Å²) in [7, 11) is 0. The first-order chi connectivity index (χ1) is 26.1. The number of amides is 2. The third kappa shape index (κ3) is 11.5. The highest BCUT2D eigenvalue weighted by Crippen LogP contribution is 2.31. The molecule has 0 unspecified atom stereocenters. The average molecular weight is 859 g/mol. The van der Waals surface area contributed by atoms with Crippen LogP contribution in [0.5, 0.6) is 0 Å². The highest BCUT2D eigenvalue weighted by Gasteiger charge is 2.41. The lowest BCUT2D eigenvalue weighted by atomic mass is 10.1. The SMILES string of the molecule is C.C.N/C(=C\C(=O)N1CCn2c(nnc2C(F)(F)F)C1)Cc1cc(F)c(F)cc1F.O=C(C=C(O)Cc1cc(F)c(F)cc1F)N1CCn2c(nnc2C(F)(F)F)C1.[CH3+]. The van der Waals surface area contributed by atoms with E-state index in [9.17, 15) is 67.4 Å². The zero-order valence-corrected chi connectivity index (χ0v) is 29.1. The summed E-state index contributed by atoms with van der Waals surface area (Å²) in [6, 6.07) is 1.88. The Kier molecular flexibility index (Phi) is 15.8. The lowest BCUT2D eigenvalue weighted by Crippen LogP contribution is -2.38. The number of aliphatic hydroxyl groups is 1. The molecule has 322 valence electrons. The van der Waals surface area contributed by atoms with Crippen molar-refractivity contribution in [3.63, 3.8) is 0 Å². The number of fused-ring (bicyclic) bond motifs is 2. The van der Waals surface area contributed by atoms with Crippen LogP contribution in [0.3, 0.4) is 0 Å². The molecule has 0 aliphatic carbocycles. The Hall–Kier alpha value is -6.23. The highest BCUT2D eigenvalue weighted by molar-refractivity contribution is 5.88. The Balaban J connectivity index is 0.000000387. The number of carbonyl (C=O) groups is 2. The maximum absolute atomic E-state index is 13.7. The molecular formula is C35H36F12N9O3+. The predicted molar refractivity (Wildman–Crippen MR) is 184 cm³/mol. The predicted octanol–water partition coefficient (Wildman–Crippen LogP) is 6.61. The van der Waals surface area contributed by atoms with Gasteiger partial charge in [0.2, 0.25) is 23.5 Å². The van der Waals surface area contributed by atoms with Gasteiger partial charge in [0.15, 0.2) is 34.9 Å². The second-order valence-electron chi connectivity index (χ2n) is 12.1. The number of halogens is 12. The second-order valence-corrected chi connectivity index (χ2v) is 12.1. The lowest BCUT2D eigenvalue weighted by Gasteiger charge is -2.27. The Morgan fingerprint density at radius 3 is 1.39 bits per heavy atom. The van der Waals surface area contributed by atoms with Crippen molar-refractivity contribution in [3.8, 4) is 0 Å². The van der Waals surface area contributed by atoms with E-state index in [0.29, 0.717) is 24.3 Å². The van der Waals surface area contributed by atoms with E-state index in [-0.39, 0.29) is 96.4 Å². The number of hydrogen-bond donors (Lipinski definition) is 2. The monoisotopic (exact) mass is 858 g/mol. The quantitative estimate of drug-likeness (QED) is 0.0725. The van der Waals surface area contributed by atoms with Gasteiger partial charge in [-0.25, -0.2) is 26.3 Å². The summed E-state index contributed by atoms with van der Waals surface area (Å²) in [6.07, 6.45) is -8.57. The van der Waals surface area contributed by atoms with Crippen LogP contribution in [0.15, 0.2) is 47.9 Å². The van der Waals surface area contributed by atoms with E-state index in [4.69, 9.17) is 5.73 Å². The van der Waals surface area contributed by atoms with Crippen molar-refractivity contribution in [2.75, 3.05) is 13.1 Å². The first kappa shape index (κ1) is 48.9. The van der Waals surface area contributed by atoms with Gasteiger partial charge in [-0.2, -0.15) is 26.3 Å². The van der Waals surface area contributed by atoms with Gasteiger partial charge in [-0.1, -0.05) is 14.9 Å². The number of allylic oxidation sites excluding steroid dienone is 2. The van der Waals surface area contributed by atoms with Crippen molar-refractivity contribution in [3.05, 3.63) is 125 Å². The molecule has 4 heterocycles. The van der Waals surface area contributed by atoms with Gasteiger partial charge >= 0.3 is 12.4 Å². The van der Waals surface area contributed by atoms with Crippen LogP contribution in [0.1, 0.15) is 49.3 Å². The summed E-state index contributed by atoms with van der Waals surface area (Å²) in [5.74, 6) is -11.9. The standard InChI is InChI=1S/C16H13F6N5O.C16H12F6N4O2.2CH4.CH3/c17-10-6-12(19)11(18)4-8(10)3-9(23)5-14(28)26-1-2-27-13(7-26)24-25-15(27)16(20,21)22;17-10-6-12(19)11(18)4-8(10)3-9(27)5-14(28)25-1-2-26-13(7-25)23-24-15(26)16(20,21)22;;;/h4-6H,1-3,7,23H2;4-6,27H,1-3,7H2;2*1H4;1H3/q;;;;+1/b9-5-;;;;. The van der Waals surface area contributed by atoms with E-state index in [0.717, 1.165) is 26.2 Å². The van der Waals surface area contributed by atoms with E-state index >= 15 is 0 Å². The fraction of sp³-hybridized carbons (Fsp3) is 0.343. The molecule has 12 nitrogen and oxygen atoms in total. The van der Waals surface area contributed by atoms with Crippen LogP contribution in [0.25, 0.3) is 0 Å². The van der Waals surface area contributed by atoms with Crippen molar-refractivity contribution >= 4 is 11.8 Å². The fourth-order valence-electron chi connectivity index (χ4n) is 5.51. The Labute approximate surface area is 328 Å². The van der Waals surface area contributed by atoms with Gasteiger partial charge in [-0.15, -0.1) is 20.4 Å². The number of carbonyl (C=O) groups excluding carboxylic acids is 2. The summed E-state index contributed by atoms with van der Waals surface area (Å²) < 4.78 is 158. The van der Waals surface area contributed by atoms with Crippen molar-refractivity contribution in [1.82, 2.24) is 39.3 Å². The molecule has 0 radical (unpaired) electrons. The molecule has 0 bridgehead atoms. The minimum absolute atomic E-state index is 0. The van der Waals surface area contributed by atoms with Crippen LogP contribution in [-0.2, 0) is 61.0 Å². The van der Waals surface area contributed by atoms with E-state index in [1.165, 1.54) is 4.90 Å². The molecule has 0 fully saturated rings. The van der Waals surface area contributed by atoms with Gasteiger partial charge in [0.25, 0.3) is 0 Å². The van der Waals surface area contributed by atoms with Gasteiger partial charge in [0.05, 0.1) is 13.1 Å². The van der Waals surface area contributed by atoms with Crippen molar-refractivity contribution in [1.29, 1.82) is 0 Å². The number of aromatic nitrogens is 6. The van der Waals surface area contributed by atoms with E-state index in [1.807, 2.05) is 0 Å². The maximum atomic E-state index is 13.7. The zero-order valence-electron chi connectivity index (χ0n) is 29.1. The number of hydrogen-bond acceptors (Lipinski definition) is 8. The summed E-state index contributed by atoms with van der Waals surface area (Å²) in [4.78, 5) is 26.8. The minimum Gasteiger partial charge on any atom is -0.512 e. The second kappa shape index (κ2) is 19.0. The van der Waals surface area contributed by atoms with Crippen LogP contribution in [0.4, 0.5) is 52.7 Å². The molecule has 0 saturated heterocycles. The van der Waals surface area contributed by atoms with E-state index in [2.05, 4.69) is 20.4 Å². The van der Waals surface area contributed by atoms with Gasteiger partial charge in [0.1, 0.15) is 17.4 Å². The fourth-order valence-corrected chi connectivity index (χ4v) is 5.51. The summed E-state index contributed by atoms with van der Waals surface area (Å²) >= 11 is 0. The first-order valence-electron chi connectivity index (χ1n) is 15.8. The van der Waals surface area contributed by atoms with Gasteiger partial charge in [-0.3, -0.25) is 9.59 Å². The van der Waals surface area contributed by atoms with Crippen LogP contribution in [-0.4, -0.2) is 69.3 Å². The molecule has 2 aromatic carbocycles. The van der Waals surface area contributed by atoms with Crippen molar-refractivity contribution in [2.24, 2.45) is 5.73 Å². The molecule has 3 N–H and O–H groups in total. The summed E-state index contributed by atoms with van der Waals surface area (Å²) in [6.45, 7) is -0.993. The van der Waals surface area contributed by atoms with Crippen LogP contribution >= 0.6 is 0 Å². The van der Waals surface area contributed by atoms with Gasteiger partial charge < -0.3 is 29.8 Å². The van der Waals surface area contributed by atoms with Crippen molar-refractivity contribution in [2.45, 2.75) is 66.2 Å². The molecule has 0 spiro atoms. The van der Waals surface area contributed by atoms with Crippen LogP contribution in [0.2, 0.25) is 0 Å². The van der Waals surface area contributed by atoms with E-state index < -0.39 is 82.9 Å². The number of nitrogens with two attached hydrogens (primary N) is 1. The normalized spacial score (nSPS) is 14.2. The molecule has 2 aliphatic rings. The van der Waals surface area contributed by atoms with E-state index in [1.54, 1.807) is 0 Å². The maximum Gasteiger partial charge on any atom is 0.451 e. The number of benzene rings is 2. The molecule has 59 heavy (non-hydrogen) atoms. The smallest absolute Gasteiger partial charge is 0.451 e. The molecule has 2 aromatic heterocycles. The average Bonchev–Trinajstić information content (AvgIpc) is 3.74. The highest BCUT2D eigenvalue weighted by atomic mass is 19.4. The first-order valence-corrected chi connectivity index (χ1v) is 15.8. The Bertz CT molecular complexity index is 2060.